The van der Waals surface area contributed by atoms with Gasteiger partial charge >= 0.3 is 5.97 Å². The molecule has 0 spiro atoms. The molecule has 1 amide bonds. The Morgan fingerprint density at radius 2 is 2.54 bits per heavy atom. The van der Waals surface area contributed by atoms with E-state index in [1.165, 1.54) is 11.9 Å². The Labute approximate surface area is 80.8 Å². The van der Waals surface area contributed by atoms with E-state index in [9.17, 15) is 9.59 Å². The predicted octanol–water partition coefficient (Wildman–Crippen LogP) is 0.847. The second-order valence-electron chi connectivity index (χ2n) is 2.53. The zero-order valence-electron chi connectivity index (χ0n) is 7.28. The summed E-state index contributed by atoms with van der Waals surface area (Å²) < 4.78 is 7.30. The van der Waals surface area contributed by atoms with Crippen LogP contribution in [0.3, 0.4) is 0 Å². The molecule has 0 radical (unpaired) electrons. The van der Waals surface area contributed by atoms with Gasteiger partial charge in [-0.2, -0.15) is 0 Å². The minimum atomic E-state index is -0.375. The van der Waals surface area contributed by atoms with Gasteiger partial charge in [0.15, 0.2) is 0 Å². The average Bonchev–Trinajstić information content (AvgIpc) is 2.09. The lowest BCUT2D eigenvalue weighted by atomic mass is 10.1. The van der Waals surface area contributed by atoms with Crippen molar-refractivity contribution in [2.24, 2.45) is 5.92 Å². The van der Waals surface area contributed by atoms with Crippen LogP contribution in [-0.2, 0) is 14.3 Å². The van der Waals surface area contributed by atoms with Crippen molar-refractivity contribution in [3.8, 4) is 0 Å². The maximum Gasteiger partial charge on any atom is 0.306 e. The fourth-order valence-corrected chi connectivity index (χ4v) is 1.55. The molecule has 0 aromatic rings. The van der Waals surface area contributed by atoms with E-state index in [0.29, 0.717) is 6.61 Å². The molecule has 1 rings (SSSR count). The molecule has 1 aliphatic heterocycles. The van der Waals surface area contributed by atoms with Gasteiger partial charge in [0.2, 0.25) is 5.91 Å². The summed E-state index contributed by atoms with van der Waals surface area (Å²) in [5.74, 6) is -0.847. The summed E-state index contributed by atoms with van der Waals surface area (Å²) >= 11 is 1.21. The smallest absolute Gasteiger partial charge is 0.306 e. The van der Waals surface area contributed by atoms with Crippen molar-refractivity contribution < 1.29 is 14.3 Å². The SMILES string of the molecule is CCOC(=O)CC1C=CSNC1=O. The zero-order chi connectivity index (χ0) is 9.68. The summed E-state index contributed by atoms with van der Waals surface area (Å²) in [4.78, 5) is 22.2. The summed E-state index contributed by atoms with van der Waals surface area (Å²) in [7, 11) is 0. The molecule has 1 aliphatic rings. The van der Waals surface area contributed by atoms with Crippen LogP contribution < -0.4 is 4.72 Å². The second kappa shape index (κ2) is 4.91. The number of carbonyl (C=O) groups excluding carboxylic acids is 2. The molecule has 0 aliphatic carbocycles. The lowest BCUT2D eigenvalue weighted by Crippen LogP contribution is -2.28. The van der Waals surface area contributed by atoms with Crippen LogP contribution in [0, 0.1) is 5.92 Å². The lowest BCUT2D eigenvalue weighted by molar-refractivity contribution is -0.145. The standard InChI is InChI=1S/C8H11NO3S/c1-2-12-7(10)5-6-3-4-13-9-8(6)11/h3-4,6H,2,5H2,1H3,(H,9,11). The molecule has 4 nitrogen and oxygen atoms in total. The maximum atomic E-state index is 11.1. The number of nitrogens with one attached hydrogen (secondary N) is 1. The molecule has 0 saturated carbocycles. The maximum absolute atomic E-state index is 11.1. The first-order valence-electron chi connectivity index (χ1n) is 4.02. The van der Waals surface area contributed by atoms with Crippen molar-refractivity contribution in [2.75, 3.05) is 6.61 Å². The molecule has 72 valence electrons. The van der Waals surface area contributed by atoms with Crippen LogP contribution in [0.4, 0.5) is 0 Å². The summed E-state index contributed by atoms with van der Waals surface area (Å²) in [6, 6.07) is 0. The largest absolute Gasteiger partial charge is 0.466 e. The number of hydrogen-bond donors (Lipinski definition) is 1. The molecule has 0 aromatic heterocycles. The van der Waals surface area contributed by atoms with Crippen LogP contribution in [0.15, 0.2) is 11.5 Å². The van der Waals surface area contributed by atoms with Crippen molar-refractivity contribution in [3.05, 3.63) is 11.5 Å². The van der Waals surface area contributed by atoms with Crippen molar-refractivity contribution in [1.82, 2.24) is 4.72 Å². The highest BCUT2D eigenvalue weighted by Crippen LogP contribution is 2.15. The Balaban J connectivity index is 2.43. The van der Waals surface area contributed by atoms with E-state index >= 15 is 0 Å². The Bertz CT molecular complexity index is 240. The van der Waals surface area contributed by atoms with E-state index in [0.717, 1.165) is 0 Å². The fraction of sp³-hybridized carbons (Fsp3) is 0.500. The third-order valence-electron chi connectivity index (χ3n) is 1.57. The molecule has 1 unspecified atom stereocenters. The Kier molecular flexibility index (Phi) is 3.82. The highest BCUT2D eigenvalue weighted by Gasteiger charge is 2.21. The molecule has 0 saturated heterocycles. The van der Waals surface area contributed by atoms with Gasteiger partial charge in [-0.1, -0.05) is 6.08 Å². The molecule has 0 fully saturated rings. The summed E-state index contributed by atoms with van der Waals surface area (Å²) in [6.07, 6.45) is 1.83. The number of hydrogen-bond acceptors (Lipinski definition) is 4. The molecule has 1 atom stereocenters. The molecule has 5 heteroatoms. The van der Waals surface area contributed by atoms with E-state index < -0.39 is 0 Å². The van der Waals surface area contributed by atoms with E-state index in [4.69, 9.17) is 4.74 Å². The number of esters is 1. The average molecular weight is 201 g/mol. The van der Waals surface area contributed by atoms with Crippen molar-refractivity contribution in [1.29, 1.82) is 0 Å². The van der Waals surface area contributed by atoms with Crippen LogP contribution >= 0.6 is 11.9 Å². The van der Waals surface area contributed by atoms with E-state index in [1.54, 1.807) is 18.4 Å². The Morgan fingerprint density at radius 1 is 1.77 bits per heavy atom. The van der Waals surface area contributed by atoms with Gasteiger partial charge in [-0.3, -0.25) is 14.3 Å². The van der Waals surface area contributed by atoms with Crippen LogP contribution in [0.25, 0.3) is 0 Å². The van der Waals surface area contributed by atoms with Crippen LogP contribution in [-0.4, -0.2) is 18.5 Å². The summed E-state index contributed by atoms with van der Waals surface area (Å²) in [6.45, 7) is 2.09. The number of rotatable bonds is 3. The van der Waals surface area contributed by atoms with Crippen LogP contribution in [0.2, 0.25) is 0 Å². The van der Waals surface area contributed by atoms with Crippen LogP contribution in [0.1, 0.15) is 13.3 Å². The van der Waals surface area contributed by atoms with Gasteiger partial charge in [-0.25, -0.2) is 0 Å². The first-order chi connectivity index (χ1) is 6.24. The molecule has 13 heavy (non-hydrogen) atoms. The third kappa shape index (κ3) is 3.10. The number of ether oxygens (including phenoxy) is 1. The minimum Gasteiger partial charge on any atom is -0.466 e. The first-order valence-corrected chi connectivity index (χ1v) is 4.89. The van der Waals surface area contributed by atoms with Gasteiger partial charge in [0.25, 0.3) is 0 Å². The number of carbonyl (C=O) groups is 2. The minimum absolute atomic E-state index is 0.122. The van der Waals surface area contributed by atoms with Gasteiger partial charge < -0.3 is 4.74 Å². The van der Waals surface area contributed by atoms with E-state index in [2.05, 4.69) is 4.72 Å². The predicted molar refractivity (Wildman–Crippen MR) is 49.6 cm³/mol. The van der Waals surface area contributed by atoms with Gasteiger partial charge in [0, 0.05) is 0 Å². The van der Waals surface area contributed by atoms with Crippen LogP contribution in [0.5, 0.6) is 0 Å². The topological polar surface area (TPSA) is 55.4 Å². The van der Waals surface area contributed by atoms with Gasteiger partial charge in [-0.05, 0) is 24.3 Å². The second-order valence-corrected chi connectivity index (χ2v) is 3.24. The lowest BCUT2D eigenvalue weighted by Gasteiger charge is -2.14. The van der Waals surface area contributed by atoms with Crippen molar-refractivity contribution in [2.45, 2.75) is 13.3 Å². The highest BCUT2D eigenvalue weighted by molar-refractivity contribution is 8.00. The summed E-state index contributed by atoms with van der Waals surface area (Å²) in [5, 5.41) is 1.76. The van der Waals surface area contributed by atoms with Crippen molar-refractivity contribution >= 4 is 23.8 Å². The monoisotopic (exact) mass is 201 g/mol. The van der Waals surface area contributed by atoms with E-state index in [-0.39, 0.29) is 24.2 Å². The highest BCUT2D eigenvalue weighted by atomic mass is 32.2. The van der Waals surface area contributed by atoms with Gasteiger partial charge in [0.05, 0.1) is 18.9 Å². The number of amides is 1. The normalized spacial score (nSPS) is 21.0. The third-order valence-corrected chi connectivity index (χ3v) is 2.18. The molecule has 1 heterocycles. The van der Waals surface area contributed by atoms with E-state index in [1.807, 2.05) is 0 Å². The Hall–Kier alpha value is -0.970. The first kappa shape index (κ1) is 10.1. The van der Waals surface area contributed by atoms with Crippen molar-refractivity contribution in [3.63, 3.8) is 0 Å². The molecular formula is C8H11NO3S. The van der Waals surface area contributed by atoms with Gasteiger partial charge in [0.1, 0.15) is 0 Å². The fourth-order valence-electron chi connectivity index (χ4n) is 0.950. The molecule has 1 N–H and O–H groups in total. The Morgan fingerprint density at radius 3 is 3.15 bits per heavy atom. The quantitative estimate of drug-likeness (QED) is 0.543. The van der Waals surface area contributed by atoms with Gasteiger partial charge in [-0.15, -0.1) is 0 Å². The summed E-state index contributed by atoms with van der Waals surface area (Å²) in [5.41, 5.74) is 0. The molecular weight excluding hydrogens is 190 g/mol. The molecule has 0 bridgehead atoms. The molecule has 0 aromatic carbocycles. The zero-order valence-corrected chi connectivity index (χ0v) is 8.10.